The molecule has 2 aromatic rings. The molecular weight excluding hydrogens is 329 g/mol. The maximum Gasteiger partial charge on any atom is 0.193 e. The van der Waals surface area contributed by atoms with Crippen LogP contribution in [0.4, 0.5) is 4.39 Å². The zero-order valence-electron chi connectivity index (χ0n) is 16.5. The van der Waals surface area contributed by atoms with Crippen molar-refractivity contribution in [2.75, 3.05) is 20.6 Å². The van der Waals surface area contributed by atoms with E-state index in [1.165, 1.54) is 11.6 Å². The molecule has 0 atom stereocenters. The fourth-order valence-corrected chi connectivity index (χ4v) is 3.06. The lowest BCUT2D eigenvalue weighted by Gasteiger charge is -2.22. The highest BCUT2D eigenvalue weighted by molar-refractivity contribution is 5.79. The Morgan fingerprint density at radius 3 is 2.81 bits per heavy atom. The average molecular weight is 359 g/mol. The van der Waals surface area contributed by atoms with Crippen molar-refractivity contribution in [2.45, 2.75) is 39.2 Å². The fourth-order valence-electron chi connectivity index (χ4n) is 3.06. The van der Waals surface area contributed by atoms with Gasteiger partial charge < -0.3 is 10.2 Å². The topological polar surface area (TPSA) is 45.5 Å². The standard InChI is InChI=1S/C20H30FN5/c1-15(2)19-17(14-26(5)24-19)13-25(4)20(22-3)23-11-7-9-16-8-6-10-18(21)12-16/h6,8,10,12,14-15H,7,9,11,13H2,1-5H3,(H,22,23). The fraction of sp³-hybridized carbons (Fsp3) is 0.500. The monoisotopic (exact) mass is 359 g/mol. The summed E-state index contributed by atoms with van der Waals surface area (Å²) >= 11 is 0. The first-order valence-electron chi connectivity index (χ1n) is 9.09. The number of aryl methyl sites for hydroxylation is 2. The van der Waals surface area contributed by atoms with Crippen LogP contribution in [0.5, 0.6) is 0 Å². The van der Waals surface area contributed by atoms with Gasteiger partial charge in [-0.15, -0.1) is 0 Å². The minimum Gasteiger partial charge on any atom is -0.356 e. The normalized spacial score (nSPS) is 11.9. The first kappa shape index (κ1) is 19.9. The molecule has 0 unspecified atom stereocenters. The van der Waals surface area contributed by atoms with E-state index >= 15 is 0 Å². The van der Waals surface area contributed by atoms with Crippen LogP contribution in [-0.4, -0.2) is 41.3 Å². The molecule has 0 aliphatic carbocycles. The number of rotatable bonds is 7. The van der Waals surface area contributed by atoms with Gasteiger partial charge in [0.25, 0.3) is 0 Å². The van der Waals surface area contributed by atoms with E-state index in [0.29, 0.717) is 5.92 Å². The summed E-state index contributed by atoms with van der Waals surface area (Å²) in [6.45, 7) is 5.86. The van der Waals surface area contributed by atoms with E-state index in [1.54, 1.807) is 19.2 Å². The number of nitrogens with zero attached hydrogens (tertiary/aromatic N) is 4. The Kier molecular flexibility index (Phi) is 7.18. The Morgan fingerprint density at radius 1 is 1.38 bits per heavy atom. The van der Waals surface area contributed by atoms with Crippen molar-refractivity contribution in [3.05, 3.63) is 53.1 Å². The summed E-state index contributed by atoms with van der Waals surface area (Å²) in [6, 6.07) is 6.78. The van der Waals surface area contributed by atoms with Crippen LogP contribution >= 0.6 is 0 Å². The van der Waals surface area contributed by atoms with E-state index < -0.39 is 0 Å². The van der Waals surface area contributed by atoms with Crippen LogP contribution in [0.2, 0.25) is 0 Å². The number of benzene rings is 1. The summed E-state index contributed by atoms with van der Waals surface area (Å²) in [4.78, 5) is 6.47. The zero-order chi connectivity index (χ0) is 19.1. The average Bonchev–Trinajstić information content (AvgIpc) is 2.95. The molecule has 0 saturated carbocycles. The Morgan fingerprint density at radius 2 is 2.15 bits per heavy atom. The smallest absolute Gasteiger partial charge is 0.193 e. The SMILES string of the molecule is CN=C(NCCCc1cccc(F)c1)N(C)Cc1cn(C)nc1C(C)C. The molecule has 0 aliphatic heterocycles. The third-order valence-corrected chi connectivity index (χ3v) is 4.28. The van der Waals surface area contributed by atoms with Crippen LogP contribution in [0.1, 0.15) is 43.0 Å². The Hall–Kier alpha value is -2.37. The van der Waals surface area contributed by atoms with E-state index in [0.717, 1.165) is 43.1 Å². The van der Waals surface area contributed by atoms with Crippen molar-refractivity contribution in [2.24, 2.45) is 12.0 Å². The molecule has 26 heavy (non-hydrogen) atoms. The number of guanidine groups is 1. The van der Waals surface area contributed by atoms with E-state index in [-0.39, 0.29) is 5.82 Å². The third kappa shape index (κ3) is 5.58. The van der Waals surface area contributed by atoms with Crippen molar-refractivity contribution < 1.29 is 4.39 Å². The van der Waals surface area contributed by atoms with Crippen LogP contribution in [0, 0.1) is 5.82 Å². The molecule has 2 rings (SSSR count). The number of aromatic nitrogens is 2. The molecule has 5 nitrogen and oxygen atoms in total. The van der Waals surface area contributed by atoms with Gasteiger partial charge in [-0.25, -0.2) is 4.39 Å². The van der Waals surface area contributed by atoms with Gasteiger partial charge in [0.1, 0.15) is 5.82 Å². The number of halogens is 1. The molecule has 0 saturated heterocycles. The summed E-state index contributed by atoms with van der Waals surface area (Å²) in [6.07, 6.45) is 3.83. The summed E-state index contributed by atoms with van der Waals surface area (Å²) in [7, 11) is 5.77. The highest BCUT2D eigenvalue weighted by Gasteiger charge is 2.14. The minimum atomic E-state index is -0.177. The van der Waals surface area contributed by atoms with Gasteiger partial charge in [0.2, 0.25) is 0 Å². The van der Waals surface area contributed by atoms with Crippen molar-refractivity contribution in [1.29, 1.82) is 0 Å². The van der Waals surface area contributed by atoms with Crippen molar-refractivity contribution in [1.82, 2.24) is 20.0 Å². The largest absolute Gasteiger partial charge is 0.356 e. The quantitative estimate of drug-likeness (QED) is 0.469. The molecular formula is C20H30FN5. The van der Waals surface area contributed by atoms with Gasteiger partial charge in [0.05, 0.1) is 5.69 Å². The molecule has 0 fully saturated rings. The van der Waals surface area contributed by atoms with Crippen LogP contribution in [0.15, 0.2) is 35.5 Å². The Balaban J connectivity index is 1.86. The lowest BCUT2D eigenvalue weighted by atomic mass is 10.1. The summed E-state index contributed by atoms with van der Waals surface area (Å²) in [5, 5.41) is 7.95. The van der Waals surface area contributed by atoms with E-state index in [2.05, 4.69) is 40.4 Å². The van der Waals surface area contributed by atoms with Gasteiger partial charge in [-0.3, -0.25) is 9.67 Å². The van der Waals surface area contributed by atoms with Crippen LogP contribution < -0.4 is 5.32 Å². The van der Waals surface area contributed by atoms with Gasteiger partial charge in [-0.1, -0.05) is 26.0 Å². The second-order valence-electron chi connectivity index (χ2n) is 6.93. The van der Waals surface area contributed by atoms with Gasteiger partial charge in [0, 0.05) is 46.0 Å². The molecule has 1 aromatic heterocycles. The second-order valence-corrected chi connectivity index (χ2v) is 6.93. The number of hydrogen-bond donors (Lipinski definition) is 1. The molecule has 142 valence electrons. The molecule has 0 radical (unpaired) electrons. The van der Waals surface area contributed by atoms with Gasteiger partial charge in [-0.2, -0.15) is 5.10 Å². The summed E-state index contributed by atoms with van der Waals surface area (Å²) < 4.78 is 15.1. The maximum absolute atomic E-state index is 13.2. The highest BCUT2D eigenvalue weighted by atomic mass is 19.1. The number of aliphatic imine (C=N–C) groups is 1. The Labute approximate surface area is 155 Å². The van der Waals surface area contributed by atoms with Crippen molar-refractivity contribution in [3.8, 4) is 0 Å². The molecule has 6 heteroatoms. The molecule has 0 aliphatic rings. The van der Waals surface area contributed by atoms with Crippen molar-refractivity contribution >= 4 is 5.96 Å². The van der Waals surface area contributed by atoms with E-state index in [9.17, 15) is 4.39 Å². The molecule has 1 aromatic carbocycles. The first-order valence-corrected chi connectivity index (χ1v) is 9.09. The number of nitrogens with one attached hydrogen (secondary N) is 1. The maximum atomic E-state index is 13.2. The van der Waals surface area contributed by atoms with Crippen molar-refractivity contribution in [3.63, 3.8) is 0 Å². The van der Waals surface area contributed by atoms with E-state index in [4.69, 9.17) is 0 Å². The molecule has 0 amide bonds. The Bertz CT molecular complexity index is 736. The lowest BCUT2D eigenvalue weighted by Crippen LogP contribution is -2.39. The summed E-state index contributed by atoms with van der Waals surface area (Å²) in [5.41, 5.74) is 3.36. The van der Waals surface area contributed by atoms with E-state index in [1.807, 2.05) is 24.8 Å². The predicted molar refractivity (Wildman–Crippen MR) is 105 cm³/mol. The minimum absolute atomic E-state index is 0.177. The molecule has 0 spiro atoms. The zero-order valence-corrected chi connectivity index (χ0v) is 16.5. The van der Waals surface area contributed by atoms with Gasteiger partial charge >= 0.3 is 0 Å². The third-order valence-electron chi connectivity index (χ3n) is 4.28. The number of hydrogen-bond acceptors (Lipinski definition) is 2. The van der Waals surface area contributed by atoms with Gasteiger partial charge in [-0.05, 0) is 36.5 Å². The van der Waals surface area contributed by atoms with Crippen LogP contribution in [0.25, 0.3) is 0 Å². The van der Waals surface area contributed by atoms with Crippen LogP contribution in [-0.2, 0) is 20.0 Å². The second kappa shape index (κ2) is 9.36. The molecule has 0 bridgehead atoms. The first-order chi connectivity index (χ1) is 12.4. The molecule has 1 heterocycles. The van der Waals surface area contributed by atoms with Crippen LogP contribution in [0.3, 0.4) is 0 Å². The van der Waals surface area contributed by atoms with Gasteiger partial charge in [0.15, 0.2) is 5.96 Å². The lowest BCUT2D eigenvalue weighted by molar-refractivity contribution is 0.472. The molecule has 1 N–H and O–H groups in total. The highest BCUT2D eigenvalue weighted by Crippen LogP contribution is 2.18. The summed E-state index contributed by atoms with van der Waals surface area (Å²) in [5.74, 6) is 1.06. The predicted octanol–water partition coefficient (Wildman–Crippen LogP) is 3.32.